The first kappa shape index (κ1) is 20.9. The monoisotopic (exact) mass is 300 g/mol. The van der Waals surface area contributed by atoms with Gasteiger partial charge in [0.15, 0.2) is 0 Å². The lowest BCUT2D eigenvalue weighted by Crippen LogP contribution is -1.97. The van der Waals surface area contributed by atoms with Gasteiger partial charge in [0.2, 0.25) is 0 Å². The van der Waals surface area contributed by atoms with Crippen LogP contribution in [0.25, 0.3) is 0 Å². The maximum Gasteiger partial charge on any atom is 0.0466 e. The normalized spacial score (nSPS) is 11.1. The Kier molecular flexibility index (Phi) is 19.8. The van der Waals surface area contributed by atoms with Gasteiger partial charge in [-0.3, -0.25) is 0 Å². The van der Waals surface area contributed by atoms with Crippen molar-refractivity contribution >= 4 is 0 Å². The lowest BCUT2D eigenvalue weighted by Gasteiger charge is -2.05. The van der Waals surface area contributed by atoms with Crippen molar-refractivity contribution in [3.05, 3.63) is 0 Å². The molecule has 0 aliphatic carbocycles. The number of aliphatic hydroxyl groups is 1. The summed E-state index contributed by atoms with van der Waals surface area (Å²) in [5, 5.41) is 8.68. The van der Waals surface area contributed by atoms with Crippen molar-refractivity contribution in [3.8, 4) is 0 Å². The minimum atomic E-state index is 0.357. The zero-order valence-electron chi connectivity index (χ0n) is 14.6. The van der Waals surface area contributed by atoms with E-state index >= 15 is 0 Å². The van der Waals surface area contributed by atoms with Crippen molar-refractivity contribution in [2.24, 2.45) is 0 Å². The molecule has 0 bridgehead atoms. The van der Waals surface area contributed by atoms with Gasteiger partial charge >= 0.3 is 0 Å². The molecule has 0 aliphatic heterocycles. The van der Waals surface area contributed by atoms with Gasteiger partial charge in [0.1, 0.15) is 0 Å². The van der Waals surface area contributed by atoms with Crippen LogP contribution in [0.3, 0.4) is 0 Å². The summed E-state index contributed by atoms with van der Waals surface area (Å²) >= 11 is 0. The van der Waals surface area contributed by atoms with Gasteiger partial charge in [-0.05, 0) is 19.3 Å². The standard InChI is InChI=1S/C19H40O2/c1-2-3-4-5-9-12-15-18-21-19-16-13-10-7-6-8-11-14-17-20/h20H,2-19H2,1H3. The van der Waals surface area contributed by atoms with Crippen LogP contribution >= 0.6 is 0 Å². The molecule has 21 heavy (non-hydrogen) atoms. The quantitative estimate of drug-likeness (QED) is 0.321. The van der Waals surface area contributed by atoms with E-state index in [0.29, 0.717) is 6.61 Å². The number of rotatable bonds is 18. The lowest BCUT2D eigenvalue weighted by molar-refractivity contribution is 0.125. The molecule has 1 N–H and O–H groups in total. The van der Waals surface area contributed by atoms with Crippen molar-refractivity contribution in [1.82, 2.24) is 0 Å². The van der Waals surface area contributed by atoms with Gasteiger partial charge in [-0.15, -0.1) is 0 Å². The molecule has 128 valence electrons. The molecule has 0 amide bonds. The third-order valence-corrected chi connectivity index (χ3v) is 4.09. The van der Waals surface area contributed by atoms with Crippen LogP contribution in [0.1, 0.15) is 103 Å². The van der Waals surface area contributed by atoms with Crippen LogP contribution in [-0.4, -0.2) is 24.9 Å². The molecule has 0 aromatic carbocycles. The van der Waals surface area contributed by atoms with Gasteiger partial charge in [-0.1, -0.05) is 84.0 Å². The SMILES string of the molecule is CCCCCCCCCOCCCCCCCCCCO. The average molecular weight is 301 g/mol. The average Bonchev–Trinajstić information content (AvgIpc) is 2.50. The number of aliphatic hydroxyl groups excluding tert-OH is 1. The molecule has 0 aliphatic rings. The highest BCUT2D eigenvalue weighted by molar-refractivity contribution is 4.47. The van der Waals surface area contributed by atoms with E-state index in [1.165, 1.54) is 89.9 Å². The minimum absolute atomic E-state index is 0.357. The second-order valence-corrected chi connectivity index (χ2v) is 6.29. The molecular weight excluding hydrogens is 260 g/mol. The molecule has 0 fully saturated rings. The van der Waals surface area contributed by atoms with Crippen LogP contribution in [0.4, 0.5) is 0 Å². The van der Waals surface area contributed by atoms with Gasteiger partial charge in [0, 0.05) is 19.8 Å². The third-order valence-electron chi connectivity index (χ3n) is 4.09. The summed E-state index contributed by atoms with van der Waals surface area (Å²) in [6, 6.07) is 0. The molecule has 2 heteroatoms. The highest BCUT2D eigenvalue weighted by atomic mass is 16.5. The van der Waals surface area contributed by atoms with Crippen LogP contribution < -0.4 is 0 Å². The fourth-order valence-electron chi connectivity index (χ4n) is 2.64. The van der Waals surface area contributed by atoms with Crippen molar-refractivity contribution in [2.45, 2.75) is 103 Å². The molecule has 0 saturated carbocycles. The second kappa shape index (κ2) is 19.9. The minimum Gasteiger partial charge on any atom is -0.396 e. The second-order valence-electron chi connectivity index (χ2n) is 6.29. The molecule has 0 heterocycles. The van der Waals surface area contributed by atoms with Gasteiger partial charge in [0.25, 0.3) is 0 Å². The van der Waals surface area contributed by atoms with E-state index in [0.717, 1.165) is 19.6 Å². The number of unbranched alkanes of at least 4 members (excludes halogenated alkanes) is 13. The first-order valence-corrected chi connectivity index (χ1v) is 9.60. The van der Waals surface area contributed by atoms with Crippen LogP contribution in [0, 0.1) is 0 Å². The van der Waals surface area contributed by atoms with Crippen LogP contribution in [-0.2, 0) is 4.74 Å². The summed E-state index contributed by atoms with van der Waals surface area (Å²) in [5.41, 5.74) is 0. The smallest absolute Gasteiger partial charge is 0.0466 e. The number of ether oxygens (including phenoxy) is 1. The van der Waals surface area contributed by atoms with E-state index in [1.807, 2.05) is 0 Å². The fourth-order valence-corrected chi connectivity index (χ4v) is 2.64. The number of hydrogen-bond donors (Lipinski definition) is 1. The summed E-state index contributed by atoms with van der Waals surface area (Å²) in [7, 11) is 0. The first-order valence-electron chi connectivity index (χ1n) is 9.60. The Hall–Kier alpha value is -0.0800. The molecule has 0 aromatic rings. The van der Waals surface area contributed by atoms with Crippen molar-refractivity contribution in [3.63, 3.8) is 0 Å². The molecule has 0 aromatic heterocycles. The summed E-state index contributed by atoms with van der Waals surface area (Å²) in [6.45, 7) is 4.55. The van der Waals surface area contributed by atoms with Gasteiger partial charge in [-0.2, -0.15) is 0 Å². The molecular formula is C19H40O2. The summed E-state index contributed by atoms with van der Waals surface area (Å²) < 4.78 is 5.69. The Morgan fingerprint density at radius 3 is 1.33 bits per heavy atom. The van der Waals surface area contributed by atoms with Crippen LogP contribution in [0.5, 0.6) is 0 Å². The molecule has 0 unspecified atom stereocenters. The fraction of sp³-hybridized carbons (Fsp3) is 1.00. The van der Waals surface area contributed by atoms with E-state index in [-0.39, 0.29) is 0 Å². The van der Waals surface area contributed by atoms with E-state index in [2.05, 4.69) is 6.92 Å². The van der Waals surface area contributed by atoms with E-state index < -0.39 is 0 Å². The zero-order chi connectivity index (χ0) is 15.4. The Labute approximate surface area is 133 Å². The highest BCUT2D eigenvalue weighted by Gasteiger charge is 1.94. The topological polar surface area (TPSA) is 29.5 Å². The van der Waals surface area contributed by atoms with E-state index in [4.69, 9.17) is 9.84 Å². The maximum absolute atomic E-state index is 8.68. The molecule has 0 spiro atoms. The molecule has 0 atom stereocenters. The summed E-state index contributed by atoms with van der Waals surface area (Å²) in [5.74, 6) is 0. The Bertz CT molecular complexity index is 153. The van der Waals surface area contributed by atoms with Crippen LogP contribution in [0.15, 0.2) is 0 Å². The van der Waals surface area contributed by atoms with Crippen molar-refractivity contribution in [1.29, 1.82) is 0 Å². The molecule has 0 rings (SSSR count). The van der Waals surface area contributed by atoms with Gasteiger partial charge in [0.05, 0.1) is 0 Å². The predicted molar refractivity (Wildman–Crippen MR) is 92.8 cm³/mol. The number of hydrogen-bond acceptors (Lipinski definition) is 2. The predicted octanol–water partition coefficient (Wildman–Crippen LogP) is 5.87. The van der Waals surface area contributed by atoms with Crippen molar-refractivity contribution < 1.29 is 9.84 Å². The van der Waals surface area contributed by atoms with Gasteiger partial charge < -0.3 is 9.84 Å². The van der Waals surface area contributed by atoms with Gasteiger partial charge in [-0.25, -0.2) is 0 Å². The Balaban J connectivity index is 2.90. The first-order chi connectivity index (χ1) is 10.4. The molecule has 2 nitrogen and oxygen atoms in total. The van der Waals surface area contributed by atoms with E-state index in [9.17, 15) is 0 Å². The van der Waals surface area contributed by atoms with Crippen molar-refractivity contribution in [2.75, 3.05) is 19.8 Å². The largest absolute Gasteiger partial charge is 0.396 e. The molecule has 0 radical (unpaired) electrons. The Morgan fingerprint density at radius 1 is 0.524 bits per heavy atom. The summed E-state index contributed by atoms with van der Waals surface area (Å²) in [4.78, 5) is 0. The Morgan fingerprint density at radius 2 is 0.905 bits per heavy atom. The lowest BCUT2D eigenvalue weighted by atomic mass is 10.1. The maximum atomic E-state index is 8.68. The zero-order valence-corrected chi connectivity index (χ0v) is 14.6. The van der Waals surface area contributed by atoms with Crippen LogP contribution in [0.2, 0.25) is 0 Å². The third kappa shape index (κ3) is 19.9. The molecule has 0 saturated heterocycles. The van der Waals surface area contributed by atoms with E-state index in [1.54, 1.807) is 0 Å². The highest BCUT2D eigenvalue weighted by Crippen LogP contribution is 2.09. The summed E-state index contributed by atoms with van der Waals surface area (Å²) in [6.07, 6.45) is 19.6.